The number of hydrogen-bond donors (Lipinski definition) is 1. The summed E-state index contributed by atoms with van der Waals surface area (Å²) in [6, 6.07) is 4.68. The fraction of sp³-hybridized carbons (Fsp3) is 0.538. The SMILES string of the molecule is CC(C)[C@H]1CSC(=NCCc2ccncc2)N1. The van der Waals surface area contributed by atoms with Crippen molar-refractivity contribution in [2.24, 2.45) is 10.9 Å². The van der Waals surface area contributed by atoms with Crippen LogP contribution >= 0.6 is 11.8 Å². The molecular formula is C13H19N3S. The van der Waals surface area contributed by atoms with Crippen molar-refractivity contribution in [1.29, 1.82) is 0 Å². The highest BCUT2D eigenvalue weighted by Gasteiger charge is 2.22. The molecule has 1 aromatic rings. The van der Waals surface area contributed by atoms with E-state index in [1.807, 2.05) is 36.3 Å². The fourth-order valence-electron chi connectivity index (χ4n) is 1.70. The number of rotatable bonds is 4. The van der Waals surface area contributed by atoms with Crippen molar-refractivity contribution in [3.8, 4) is 0 Å². The van der Waals surface area contributed by atoms with Gasteiger partial charge in [0.05, 0.1) is 0 Å². The molecule has 0 spiro atoms. The molecule has 2 heterocycles. The van der Waals surface area contributed by atoms with Crippen molar-refractivity contribution in [3.63, 3.8) is 0 Å². The van der Waals surface area contributed by atoms with E-state index in [4.69, 9.17) is 0 Å². The molecule has 1 aromatic heterocycles. The van der Waals surface area contributed by atoms with Crippen molar-refractivity contribution in [3.05, 3.63) is 30.1 Å². The van der Waals surface area contributed by atoms with Crippen LogP contribution in [0.5, 0.6) is 0 Å². The van der Waals surface area contributed by atoms with Crippen LogP contribution in [-0.2, 0) is 6.42 Å². The predicted octanol–water partition coefficient (Wildman–Crippen LogP) is 2.34. The molecule has 1 aliphatic rings. The van der Waals surface area contributed by atoms with Crippen LogP contribution in [0.25, 0.3) is 0 Å². The van der Waals surface area contributed by atoms with E-state index in [0.717, 1.165) is 23.9 Å². The number of nitrogens with one attached hydrogen (secondary N) is 1. The molecule has 0 bridgehead atoms. The third-order valence-electron chi connectivity index (χ3n) is 2.92. The summed E-state index contributed by atoms with van der Waals surface area (Å²) in [4.78, 5) is 8.61. The maximum Gasteiger partial charge on any atom is 0.156 e. The van der Waals surface area contributed by atoms with Crippen LogP contribution in [0.1, 0.15) is 19.4 Å². The number of aromatic nitrogens is 1. The molecule has 1 aliphatic heterocycles. The van der Waals surface area contributed by atoms with Gasteiger partial charge in [-0.1, -0.05) is 25.6 Å². The summed E-state index contributed by atoms with van der Waals surface area (Å²) in [5, 5.41) is 4.59. The van der Waals surface area contributed by atoms with Gasteiger partial charge in [0.25, 0.3) is 0 Å². The van der Waals surface area contributed by atoms with Gasteiger partial charge in [0, 0.05) is 30.7 Å². The second-order valence-electron chi connectivity index (χ2n) is 4.60. The Labute approximate surface area is 107 Å². The molecule has 92 valence electrons. The standard InChI is InChI=1S/C13H19N3S/c1-10(2)12-9-17-13(16-12)15-8-5-11-3-6-14-7-4-11/h3-4,6-7,10,12H,5,8-9H2,1-2H3,(H,15,16)/t12-/m1/s1. The first kappa shape index (κ1) is 12.4. The molecule has 3 nitrogen and oxygen atoms in total. The summed E-state index contributed by atoms with van der Waals surface area (Å²) in [7, 11) is 0. The molecule has 0 radical (unpaired) electrons. The number of aliphatic imine (C=N–C) groups is 1. The van der Waals surface area contributed by atoms with Gasteiger partial charge in [-0.2, -0.15) is 0 Å². The summed E-state index contributed by atoms with van der Waals surface area (Å²) in [6.45, 7) is 5.35. The van der Waals surface area contributed by atoms with E-state index in [1.54, 1.807) is 0 Å². The van der Waals surface area contributed by atoms with E-state index in [-0.39, 0.29) is 0 Å². The quantitative estimate of drug-likeness (QED) is 0.890. The zero-order valence-electron chi connectivity index (χ0n) is 10.4. The molecule has 2 rings (SSSR count). The van der Waals surface area contributed by atoms with Gasteiger partial charge in [0.1, 0.15) is 0 Å². The normalized spacial score (nSPS) is 22.1. The van der Waals surface area contributed by atoms with Crippen LogP contribution in [0.15, 0.2) is 29.5 Å². The van der Waals surface area contributed by atoms with Gasteiger partial charge in [-0.05, 0) is 30.0 Å². The molecule has 1 fully saturated rings. The first-order chi connectivity index (χ1) is 8.25. The number of amidine groups is 1. The van der Waals surface area contributed by atoms with Gasteiger partial charge >= 0.3 is 0 Å². The van der Waals surface area contributed by atoms with Crippen LogP contribution in [-0.4, -0.2) is 28.5 Å². The molecule has 0 unspecified atom stereocenters. The Kier molecular flexibility index (Phi) is 4.42. The average Bonchev–Trinajstić information content (AvgIpc) is 2.79. The van der Waals surface area contributed by atoms with Gasteiger partial charge in [0.2, 0.25) is 0 Å². The van der Waals surface area contributed by atoms with E-state index >= 15 is 0 Å². The lowest BCUT2D eigenvalue weighted by molar-refractivity contribution is 0.503. The zero-order chi connectivity index (χ0) is 12.1. The second kappa shape index (κ2) is 6.05. The molecule has 0 amide bonds. The lowest BCUT2D eigenvalue weighted by Crippen LogP contribution is -2.31. The van der Waals surface area contributed by atoms with Crippen molar-refractivity contribution in [1.82, 2.24) is 10.3 Å². The highest BCUT2D eigenvalue weighted by atomic mass is 32.2. The number of pyridine rings is 1. The summed E-state index contributed by atoms with van der Waals surface area (Å²) in [5.41, 5.74) is 1.30. The molecule has 0 saturated carbocycles. The van der Waals surface area contributed by atoms with Gasteiger partial charge in [-0.3, -0.25) is 9.98 Å². The highest BCUT2D eigenvalue weighted by Crippen LogP contribution is 2.18. The molecule has 0 aromatic carbocycles. The Bertz CT molecular complexity index is 376. The molecule has 1 saturated heterocycles. The van der Waals surface area contributed by atoms with Crippen molar-refractivity contribution in [2.45, 2.75) is 26.3 Å². The Balaban J connectivity index is 1.79. The van der Waals surface area contributed by atoms with E-state index in [1.165, 1.54) is 5.56 Å². The molecule has 4 heteroatoms. The first-order valence-corrected chi connectivity index (χ1v) is 7.07. The number of nitrogens with zero attached hydrogens (tertiary/aromatic N) is 2. The van der Waals surface area contributed by atoms with E-state index in [0.29, 0.717) is 12.0 Å². The number of thioether (sulfide) groups is 1. The van der Waals surface area contributed by atoms with Crippen LogP contribution in [0.3, 0.4) is 0 Å². The lowest BCUT2D eigenvalue weighted by atomic mass is 10.1. The third-order valence-corrected chi connectivity index (χ3v) is 3.96. The smallest absolute Gasteiger partial charge is 0.156 e. The maximum absolute atomic E-state index is 4.60. The van der Waals surface area contributed by atoms with Crippen LogP contribution < -0.4 is 5.32 Å². The average molecular weight is 249 g/mol. The maximum atomic E-state index is 4.60. The molecule has 1 N–H and O–H groups in total. The van der Waals surface area contributed by atoms with E-state index in [2.05, 4.69) is 29.1 Å². The monoisotopic (exact) mass is 249 g/mol. The topological polar surface area (TPSA) is 37.3 Å². The van der Waals surface area contributed by atoms with Crippen molar-refractivity contribution in [2.75, 3.05) is 12.3 Å². The van der Waals surface area contributed by atoms with Crippen molar-refractivity contribution < 1.29 is 0 Å². The minimum atomic E-state index is 0.583. The predicted molar refractivity (Wildman–Crippen MR) is 74.5 cm³/mol. The largest absolute Gasteiger partial charge is 0.361 e. The first-order valence-electron chi connectivity index (χ1n) is 6.08. The fourth-order valence-corrected chi connectivity index (χ4v) is 2.92. The third kappa shape index (κ3) is 3.73. The van der Waals surface area contributed by atoms with E-state index in [9.17, 15) is 0 Å². The summed E-state index contributed by atoms with van der Waals surface area (Å²) >= 11 is 1.84. The van der Waals surface area contributed by atoms with Gasteiger partial charge in [0.15, 0.2) is 5.17 Å². The Morgan fingerprint density at radius 1 is 1.47 bits per heavy atom. The van der Waals surface area contributed by atoms with Crippen molar-refractivity contribution >= 4 is 16.9 Å². The summed E-state index contributed by atoms with van der Waals surface area (Å²) < 4.78 is 0. The lowest BCUT2D eigenvalue weighted by Gasteiger charge is -2.13. The zero-order valence-corrected chi connectivity index (χ0v) is 11.2. The Morgan fingerprint density at radius 2 is 2.24 bits per heavy atom. The van der Waals surface area contributed by atoms with Crippen LogP contribution in [0.2, 0.25) is 0 Å². The Morgan fingerprint density at radius 3 is 2.88 bits per heavy atom. The van der Waals surface area contributed by atoms with Crippen LogP contribution in [0.4, 0.5) is 0 Å². The Hall–Kier alpha value is -1.03. The van der Waals surface area contributed by atoms with Gasteiger partial charge in [-0.25, -0.2) is 0 Å². The molecule has 17 heavy (non-hydrogen) atoms. The van der Waals surface area contributed by atoms with Gasteiger partial charge < -0.3 is 5.32 Å². The molecule has 1 atom stereocenters. The minimum absolute atomic E-state index is 0.583. The molecule has 0 aliphatic carbocycles. The van der Waals surface area contributed by atoms with Gasteiger partial charge in [-0.15, -0.1) is 0 Å². The summed E-state index contributed by atoms with van der Waals surface area (Å²) in [6.07, 6.45) is 4.65. The highest BCUT2D eigenvalue weighted by molar-refractivity contribution is 8.14. The van der Waals surface area contributed by atoms with Crippen LogP contribution in [0, 0.1) is 5.92 Å². The summed E-state index contributed by atoms with van der Waals surface area (Å²) in [5.74, 6) is 1.82. The van der Waals surface area contributed by atoms with E-state index < -0.39 is 0 Å². The minimum Gasteiger partial charge on any atom is -0.361 e. The molecular weight excluding hydrogens is 230 g/mol. The number of hydrogen-bond acceptors (Lipinski definition) is 3. The second-order valence-corrected chi connectivity index (χ2v) is 5.61.